The summed E-state index contributed by atoms with van der Waals surface area (Å²) in [5.74, 6) is 5.96. The number of benzene rings is 1. The molecule has 4 N–H and O–H groups in total. The molecule has 0 aliphatic carbocycles. The average Bonchev–Trinajstić information content (AvgIpc) is 2.49. The van der Waals surface area contributed by atoms with E-state index < -0.39 is 10.0 Å². The third-order valence-corrected chi connectivity index (χ3v) is 4.18. The molecule has 1 aromatic heterocycles. The van der Waals surface area contributed by atoms with Gasteiger partial charge in [-0.25, -0.2) is 4.98 Å². The van der Waals surface area contributed by atoms with Crippen molar-refractivity contribution in [3.05, 3.63) is 42.1 Å². The molecule has 0 aliphatic heterocycles. The zero-order valence-electron chi connectivity index (χ0n) is 11.6. The number of aromatic nitrogens is 1. The second-order valence-electron chi connectivity index (χ2n) is 4.29. The molecule has 0 atom stereocenters. The van der Waals surface area contributed by atoms with Gasteiger partial charge in [-0.15, -0.1) is 0 Å². The van der Waals surface area contributed by atoms with Gasteiger partial charge < -0.3 is 10.2 Å². The van der Waals surface area contributed by atoms with Crippen molar-refractivity contribution in [2.75, 3.05) is 17.3 Å². The minimum absolute atomic E-state index is 0.164. The van der Waals surface area contributed by atoms with E-state index >= 15 is 0 Å². The fraction of sp³-hybridized carbons (Fsp3) is 0.154. The molecule has 2 rings (SSSR count). The Hall–Kier alpha value is -2.32. The van der Waals surface area contributed by atoms with E-state index in [4.69, 9.17) is 10.6 Å². The summed E-state index contributed by atoms with van der Waals surface area (Å²) in [5.41, 5.74) is 3.72. The number of methoxy groups -OCH3 is 1. The number of nitrogen functional groups attached to an aromatic ring is 1. The quantitative estimate of drug-likeness (QED) is 0.570. The lowest BCUT2D eigenvalue weighted by molar-refractivity contribution is 0.414. The van der Waals surface area contributed by atoms with Gasteiger partial charge in [0.1, 0.15) is 5.75 Å². The Morgan fingerprint density at radius 2 is 2.00 bits per heavy atom. The lowest BCUT2D eigenvalue weighted by Gasteiger charge is -2.13. The highest BCUT2D eigenvalue weighted by molar-refractivity contribution is 7.92. The van der Waals surface area contributed by atoms with Gasteiger partial charge in [0.15, 0.2) is 0 Å². The molecule has 0 radical (unpaired) electrons. The first-order valence-electron chi connectivity index (χ1n) is 6.07. The first-order valence-corrected chi connectivity index (χ1v) is 7.55. The molecule has 2 aromatic rings. The van der Waals surface area contributed by atoms with Crippen LogP contribution >= 0.6 is 0 Å². The minimum atomic E-state index is -3.84. The predicted molar refractivity (Wildman–Crippen MR) is 80.6 cm³/mol. The number of hydrazine groups is 1. The lowest BCUT2D eigenvalue weighted by Crippen LogP contribution is -2.19. The summed E-state index contributed by atoms with van der Waals surface area (Å²) in [4.78, 5) is 3.86. The standard InChI is InChI=1S/C13H16N4O3S/c1-9-8-10(20-2)5-6-11(9)17-21(18,19)13-12(16-14)4-3-7-15-13/h3-8,16-17H,14H2,1-2H3. The molecule has 0 fully saturated rings. The van der Waals surface area contributed by atoms with Crippen LogP contribution in [0.25, 0.3) is 0 Å². The maximum atomic E-state index is 12.4. The third kappa shape index (κ3) is 3.23. The molecule has 112 valence electrons. The number of nitrogens with two attached hydrogens (primary N) is 1. The molecule has 8 heteroatoms. The van der Waals surface area contributed by atoms with Crippen LogP contribution in [0.2, 0.25) is 0 Å². The molecule has 0 unspecified atom stereocenters. The van der Waals surface area contributed by atoms with Gasteiger partial charge in [0, 0.05) is 6.20 Å². The van der Waals surface area contributed by atoms with Crippen molar-refractivity contribution >= 4 is 21.4 Å². The van der Waals surface area contributed by atoms with Gasteiger partial charge in [-0.3, -0.25) is 10.6 Å². The van der Waals surface area contributed by atoms with Crippen LogP contribution < -0.4 is 20.7 Å². The Bertz CT molecular complexity index is 747. The fourth-order valence-electron chi connectivity index (χ4n) is 1.79. The number of aryl methyl sites for hydroxylation is 1. The third-order valence-electron chi connectivity index (χ3n) is 2.86. The van der Waals surface area contributed by atoms with E-state index in [1.165, 1.54) is 12.3 Å². The number of ether oxygens (including phenoxy) is 1. The summed E-state index contributed by atoms with van der Waals surface area (Å²) < 4.78 is 32.3. The van der Waals surface area contributed by atoms with Crippen LogP contribution in [0.4, 0.5) is 11.4 Å². The summed E-state index contributed by atoms with van der Waals surface area (Å²) in [6.45, 7) is 1.78. The second-order valence-corrected chi connectivity index (χ2v) is 5.88. The van der Waals surface area contributed by atoms with Crippen LogP contribution in [0.3, 0.4) is 0 Å². The van der Waals surface area contributed by atoms with Gasteiger partial charge >= 0.3 is 0 Å². The zero-order chi connectivity index (χ0) is 15.5. The molecular formula is C13H16N4O3S. The number of nitrogens with one attached hydrogen (secondary N) is 2. The van der Waals surface area contributed by atoms with Crippen LogP contribution in [0.5, 0.6) is 5.75 Å². The average molecular weight is 308 g/mol. The summed E-state index contributed by atoms with van der Waals surface area (Å²) in [5, 5.41) is -0.164. The van der Waals surface area contributed by atoms with Crippen LogP contribution in [-0.2, 0) is 10.0 Å². The molecule has 7 nitrogen and oxygen atoms in total. The summed E-state index contributed by atoms with van der Waals surface area (Å²) >= 11 is 0. The van der Waals surface area contributed by atoms with Crippen LogP contribution in [0.1, 0.15) is 5.56 Å². The first-order chi connectivity index (χ1) is 9.97. The summed E-state index contributed by atoms with van der Waals surface area (Å²) in [6.07, 6.45) is 1.39. The Morgan fingerprint density at radius 1 is 1.24 bits per heavy atom. The molecule has 0 spiro atoms. The Morgan fingerprint density at radius 3 is 2.62 bits per heavy atom. The minimum Gasteiger partial charge on any atom is -0.497 e. The molecule has 0 saturated heterocycles. The van der Waals surface area contributed by atoms with Gasteiger partial charge in [0.05, 0.1) is 18.5 Å². The number of nitrogens with zero attached hydrogens (tertiary/aromatic N) is 1. The number of rotatable bonds is 5. The van der Waals surface area contributed by atoms with Crippen molar-refractivity contribution < 1.29 is 13.2 Å². The van der Waals surface area contributed by atoms with E-state index in [0.29, 0.717) is 11.4 Å². The van der Waals surface area contributed by atoms with Crippen molar-refractivity contribution in [3.8, 4) is 5.75 Å². The highest BCUT2D eigenvalue weighted by atomic mass is 32.2. The van der Waals surface area contributed by atoms with E-state index in [0.717, 1.165) is 5.56 Å². The van der Waals surface area contributed by atoms with Gasteiger partial charge in [0.25, 0.3) is 10.0 Å². The molecule has 0 amide bonds. The van der Waals surface area contributed by atoms with Gasteiger partial charge in [-0.05, 0) is 42.8 Å². The maximum absolute atomic E-state index is 12.4. The molecule has 0 saturated carbocycles. The predicted octanol–water partition coefficient (Wildman–Crippen LogP) is 1.49. The number of hydrogen-bond donors (Lipinski definition) is 3. The SMILES string of the molecule is COc1ccc(NS(=O)(=O)c2ncccc2NN)c(C)c1. The molecule has 0 aliphatic rings. The number of hydrogen-bond acceptors (Lipinski definition) is 6. The van der Waals surface area contributed by atoms with E-state index in [2.05, 4.69) is 15.1 Å². The molecule has 1 heterocycles. The zero-order valence-corrected chi connectivity index (χ0v) is 12.4. The van der Waals surface area contributed by atoms with E-state index in [-0.39, 0.29) is 10.7 Å². The Balaban J connectivity index is 2.38. The van der Waals surface area contributed by atoms with E-state index in [1.807, 2.05) is 0 Å². The smallest absolute Gasteiger partial charge is 0.281 e. The Kier molecular flexibility index (Phi) is 4.29. The summed E-state index contributed by atoms with van der Waals surface area (Å²) in [7, 11) is -2.30. The Labute approximate surface area is 123 Å². The van der Waals surface area contributed by atoms with Crippen molar-refractivity contribution in [2.45, 2.75) is 11.9 Å². The van der Waals surface area contributed by atoms with Crippen LogP contribution in [-0.4, -0.2) is 20.5 Å². The largest absolute Gasteiger partial charge is 0.497 e. The van der Waals surface area contributed by atoms with Crippen molar-refractivity contribution in [2.24, 2.45) is 5.84 Å². The highest BCUT2D eigenvalue weighted by Gasteiger charge is 2.20. The fourth-order valence-corrected chi connectivity index (χ4v) is 3.02. The first kappa shape index (κ1) is 15.1. The van der Waals surface area contributed by atoms with Crippen LogP contribution in [0, 0.1) is 6.92 Å². The van der Waals surface area contributed by atoms with Gasteiger partial charge in [0.2, 0.25) is 5.03 Å². The monoisotopic (exact) mass is 308 g/mol. The number of anilines is 2. The molecule has 21 heavy (non-hydrogen) atoms. The lowest BCUT2D eigenvalue weighted by atomic mass is 10.2. The molecule has 0 bridgehead atoms. The van der Waals surface area contributed by atoms with E-state index in [9.17, 15) is 8.42 Å². The normalized spacial score (nSPS) is 11.0. The van der Waals surface area contributed by atoms with Crippen molar-refractivity contribution in [1.82, 2.24) is 4.98 Å². The number of pyridine rings is 1. The van der Waals surface area contributed by atoms with Gasteiger partial charge in [-0.1, -0.05) is 0 Å². The molecular weight excluding hydrogens is 292 g/mol. The topological polar surface area (TPSA) is 106 Å². The van der Waals surface area contributed by atoms with Crippen LogP contribution in [0.15, 0.2) is 41.6 Å². The maximum Gasteiger partial charge on any atom is 0.281 e. The molecule has 1 aromatic carbocycles. The number of sulfonamides is 1. The van der Waals surface area contributed by atoms with Crippen molar-refractivity contribution in [1.29, 1.82) is 0 Å². The van der Waals surface area contributed by atoms with Crippen molar-refractivity contribution in [3.63, 3.8) is 0 Å². The van der Waals surface area contributed by atoms with E-state index in [1.54, 1.807) is 38.3 Å². The summed E-state index contributed by atoms with van der Waals surface area (Å²) in [6, 6.07) is 8.16. The highest BCUT2D eigenvalue weighted by Crippen LogP contribution is 2.25. The van der Waals surface area contributed by atoms with Gasteiger partial charge in [-0.2, -0.15) is 8.42 Å². The second kappa shape index (κ2) is 5.98.